The van der Waals surface area contributed by atoms with E-state index in [1.54, 1.807) is 18.7 Å². The second-order valence-electron chi connectivity index (χ2n) is 10.4. The highest BCUT2D eigenvalue weighted by Gasteiger charge is 2.37. The number of amides is 1. The van der Waals surface area contributed by atoms with Crippen LogP contribution in [0.4, 0.5) is 4.39 Å². The minimum absolute atomic E-state index is 0.138. The summed E-state index contributed by atoms with van der Waals surface area (Å²) in [5, 5.41) is 19.2. The molecule has 3 unspecified atom stereocenters. The van der Waals surface area contributed by atoms with Crippen molar-refractivity contribution in [1.29, 1.82) is 5.41 Å². The van der Waals surface area contributed by atoms with E-state index in [0.717, 1.165) is 45.2 Å². The smallest absolute Gasteiger partial charge is 0.257 e. The summed E-state index contributed by atoms with van der Waals surface area (Å²) in [6, 6.07) is 4.20. The summed E-state index contributed by atoms with van der Waals surface area (Å²) in [7, 11) is 0. The number of hydrogen-bond acceptors (Lipinski definition) is 7. The van der Waals surface area contributed by atoms with Crippen LogP contribution in [0.2, 0.25) is 5.02 Å². The number of hydrogen-bond donors (Lipinski definition) is 2. The lowest BCUT2D eigenvalue weighted by Crippen LogP contribution is -2.47. The Bertz CT molecular complexity index is 1180. The quantitative estimate of drug-likeness (QED) is 0.609. The number of aromatic nitrogens is 2. The lowest BCUT2D eigenvalue weighted by molar-refractivity contribution is 0.0280. The standard InChI is InChI=1S/C27H33ClFN5O3/c1-15-25(28)16(2)32-26(31-15)20-13-34(14-21(20)30)27(36)19-7-6-17(29)12-24(19)37-18-8-10-33(11-9-18)22-4-3-5-23(22)35/h6-7,12,18,20,22-23,30,35H,3-5,8-11,13-14H2,1-2H3. The number of likely N-dealkylation sites (tertiary alicyclic amines) is 2. The molecule has 2 aromatic rings. The van der Waals surface area contributed by atoms with Crippen LogP contribution in [0.3, 0.4) is 0 Å². The van der Waals surface area contributed by atoms with Crippen molar-refractivity contribution in [3.05, 3.63) is 51.8 Å². The van der Waals surface area contributed by atoms with Gasteiger partial charge in [0.15, 0.2) is 0 Å². The zero-order valence-corrected chi connectivity index (χ0v) is 22.0. The second-order valence-corrected chi connectivity index (χ2v) is 10.8. The summed E-state index contributed by atoms with van der Waals surface area (Å²) in [6.45, 7) is 5.60. The van der Waals surface area contributed by atoms with Gasteiger partial charge in [-0.05, 0) is 58.1 Å². The van der Waals surface area contributed by atoms with E-state index < -0.39 is 11.7 Å². The molecule has 3 fully saturated rings. The first-order chi connectivity index (χ1) is 17.7. The molecular weight excluding hydrogens is 497 g/mol. The Labute approximate surface area is 221 Å². The van der Waals surface area contributed by atoms with Crippen LogP contribution >= 0.6 is 11.6 Å². The summed E-state index contributed by atoms with van der Waals surface area (Å²) >= 11 is 6.21. The zero-order chi connectivity index (χ0) is 26.3. The first-order valence-corrected chi connectivity index (χ1v) is 13.3. The maximum Gasteiger partial charge on any atom is 0.257 e. The average molecular weight is 530 g/mol. The van der Waals surface area contributed by atoms with Crippen molar-refractivity contribution in [2.45, 2.75) is 70.1 Å². The van der Waals surface area contributed by atoms with Crippen molar-refractivity contribution >= 4 is 23.2 Å². The fourth-order valence-corrected chi connectivity index (χ4v) is 5.86. The first kappa shape index (κ1) is 26.0. The summed E-state index contributed by atoms with van der Waals surface area (Å²) in [4.78, 5) is 26.3. The molecule has 0 spiro atoms. The van der Waals surface area contributed by atoms with Gasteiger partial charge in [0.1, 0.15) is 23.5 Å². The summed E-state index contributed by atoms with van der Waals surface area (Å²) < 4.78 is 20.4. The Morgan fingerprint density at radius 3 is 2.51 bits per heavy atom. The van der Waals surface area contributed by atoms with Gasteiger partial charge in [0.2, 0.25) is 0 Å². The van der Waals surface area contributed by atoms with Gasteiger partial charge in [0, 0.05) is 37.5 Å². The summed E-state index contributed by atoms with van der Waals surface area (Å²) in [5.41, 5.74) is 1.92. The Hall–Kier alpha value is -2.62. The van der Waals surface area contributed by atoms with E-state index in [9.17, 15) is 14.3 Å². The molecule has 3 heterocycles. The van der Waals surface area contributed by atoms with E-state index in [1.807, 2.05) is 0 Å². The molecule has 2 aliphatic heterocycles. The van der Waals surface area contributed by atoms with Gasteiger partial charge in [-0.2, -0.15) is 0 Å². The van der Waals surface area contributed by atoms with Gasteiger partial charge in [-0.25, -0.2) is 14.4 Å². The molecule has 2 N–H and O–H groups in total. The van der Waals surface area contributed by atoms with E-state index in [0.29, 0.717) is 27.9 Å². The molecule has 3 atom stereocenters. The molecule has 1 aromatic carbocycles. The number of nitrogens with one attached hydrogen (secondary N) is 1. The number of aliphatic hydroxyl groups is 1. The van der Waals surface area contributed by atoms with E-state index in [1.165, 1.54) is 18.2 Å². The lowest BCUT2D eigenvalue weighted by atomic mass is 10.0. The molecule has 37 heavy (non-hydrogen) atoms. The molecule has 1 amide bonds. The Kier molecular flexibility index (Phi) is 7.47. The van der Waals surface area contributed by atoms with Crippen LogP contribution in [-0.4, -0.2) is 80.9 Å². The highest BCUT2D eigenvalue weighted by atomic mass is 35.5. The van der Waals surface area contributed by atoms with Gasteiger partial charge in [-0.15, -0.1) is 0 Å². The van der Waals surface area contributed by atoms with E-state index in [2.05, 4.69) is 14.9 Å². The number of aryl methyl sites for hydroxylation is 2. The predicted octanol–water partition coefficient (Wildman–Crippen LogP) is 3.90. The fourth-order valence-electron chi connectivity index (χ4n) is 5.78. The number of carbonyl (C=O) groups excluding carboxylic acids is 1. The van der Waals surface area contributed by atoms with E-state index >= 15 is 0 Å². The van der Waals surface area contributed by atoms with Crippen LogP contribution in [0.1, 0.15) is 65.6 Å². The van der Waals surface area contributed by atoms with Crippen molar-refractivity contribution in [1.82, 2.24) is 19.8 Å². The number of rotatable bonds is 5. The number of benzene rings is 1. The lowest BCUT2D eigenvalue weighted by Gasteiger charge is -2.37. The third kappa shape index (κ3) is 5.35. The van der Waals surface area contributed by atoms with Crippen molar-refractivity contribution in [3.63, 3.8) is 0 Å². The maximum absolute atomic E-state index is 14.2. The number of piperidine rings is 1. The molecule has 3 aliphatic rings. The van der Waals surface area contributed by atoms with Gasteiger partial charge < -0.3 is 20.2 Å². The van der Waals surface area contributed by atoms with Crippen LogP contribution < -0.4 is 4.74 Å². The average Bonchev–Trinajstić information content (AvgIpc) is 3.48. The highest BCUT2D eigenvalue weighted by molar-refractivity contribution is 6.31. The second kappa shape index (κ2) is 10.6. The first-order valence-electron chi connectivity index (χ1n) is 13.0. The SMILES string of the molecule is Cc1nc(C2CN(C(=O)c3ccc(F)cc3OC3CCN(C4CCCC4O)CC3)CC2=N)nc(C)c1Cl. The van der Waals surface area contributed by atoms with E-state index in [4.69, 9.17) is 21.7 Å². The summed E-state index contributed by atoms with van der Waals surface area (Å²) in [6.07, 6.45) is 4.01. The fraction of sp³-hybridized carbons (Fsp3) is 0.556. The molecular formula is C27H33ClFN5O3. The Morgan fingerprint density at radius 2 is 1.86 bits per heavy atom. The van der Waals surface area contributed by atoms with Crippen molar-refractivity contribution in [2.75, 3.05) is 26.2 Å². The number of ether oxygens (including phenoxy) is 1. The van der Waals surface area contributed by atoms with Crippen molar-refractivity contribution in [3.8, 4) is 5.75 Å². The largest absolute Gasteiger partial charge is 0.489 e. The molecule has 0 bridgehead atoms. The van der Waals surface area contributed by atoms with Crippen LogP contribution in [0.15, 0.2) is 18.2 Å². The third-order valence-electron chi connectivity index (χ3n) is 7.84. The minimum Gasteiger partial charge on any atom is -0.489 e. The zero-order valence-electron chi connectivity index (χ0n) is 21.2. The van der Waals surface area contributed by atoms with Gasteiger partial charge in [-0.1, -0.05) is 11.6 Å². The van der Waals surface area contributed by atoms with Gasteiger partial charge >= 0.3 is 0 Å². The monoisotopic (exact) mass is 529 g/mol. The Morgan fingerprint density at radius 1 is 1.16 bits per heavy atom. The number of nitrogens with zero attached hydrogens (tertiary/aromatic N) is 4. The molecule has 2 saturated heterocycles. The maximum atomic E-state index is 14.2. The molecule has 1 aromatic heterocycles. The van der Waals surface area contributed by atoms with Crippen LogP contribution in [0.25, 0.3) is 0 Å². The van der Waals surface area contributed by atoms with Crippen molar-refractivity contribution in [2.24, 2.45) is 0 Å². The number of carbonyl (C=O) groups is 1. The molecule has 10 heteroatoms. The summed E-state index contributed by atoms with van der Waals surface area (Å²) in [5.74, 6) is -0.483. The van der Waals surface area contributed by atoms with Crippen LogP contribution in [0.5, 0.6) is 5.75 Å². The number of halogens is 2. The van der Waals surface area contributed by atoms with Gasteiger partial charge in [-0.3, -0.25) is 9.69 Å². The van der Waals surface area contributed by atoms with E-state index in [-0.39, 0.29) is 48.6 Å². The number of aliphatic hydroxyl groups excluding tert-OH is 1. The van der Waals surface area contributed by atoms with Crippen molar-refractivity contribution < 1.29 is 19.0 Å². The molecule has 1 saturated carbocycles. The predicted molar refractivity (Wildman–Crippen MR) is 138 cm³/mol. The van der Waals surface area contributed by atoms with Gasteiger partial charge in [0.25, 0.3) is 5.91 Å². The molecule has 8 nitrogen and oxygen atoms in total. The normalized spacial score (nSPS) is 25.2. The van der Waals surface area contributed by atoms with Crippen LogP contribution in [-0.2, 0) is 0 Å². The highest BCUT2D eigenvalue weighted by Crippen LogP contribution is 2.31. The molecule has 0 radical (unpaired) electrons. The van der Waals surface area contributed by atoms with Gasteiger partial charge in [0.05, 0.1) is 40.5 Å². The topological polar surface area (TPSA) is 103 Å². The Balaban J connectivity index is 1.28. The molecule has 198 valence electrons. The van der Waals surface area contributed by atoms with Crippen LogP contribution in [0, 0.1) is 25.1 Å². The molecule has 5 rings (SSSR count). The minimum atomic E-state index is -0.467. The molecule has 1 aliphatic carbocycles. The third-order valence-corrected chi connectivity index (χ3v) is 8.39.